The first-order chi connectivity index (χ1) is 16.3. The van der Waals surface area contributed by atoms with Crippen molar-refractivity contribution in [1.29, 1.82) is 0 Å². The van der Waals surface area contributed by atoms with Gasteiger partial charge in [0.05, 0.1) is 12.6 Å². The van der Waals surface area contributed by atoms with E-state index in [1.165, 1.54) is 9.80 Å². The fourth-order valence-corrected chi connectivity index (χ4v) is 4.52. The van der Waals surface area contributed by atoms with E-state index in [1.807, 2.05) is 30.3 Å². The number of carboxylic acid groups (broad SMARTS) is 1. The summed E-state index contributed by atoms with van der Waals surface area (Å²) in [4.78, 5) is 41.3. The van der Waals surface area contributed by atoms with Crippen LogP contribution in [0.1, 0.15) is 39.2 Å². The van der Waals surface area contributed by atoms with Gasteiger partial charge in [-0.25, -0.2) is 9.59 Å². The van der Waals surface area contributed by atoms with Crippen LogP contribution in [0.25, 0.3) is 0 Å². The molecule has 1 atom stereocenters. The Morgan fingerprint density at radius 3 is 2.17 bits per heavy atom. The summed E-state index contributed by atoms with van der Waals surface area (Å²) in [6, 6.07) is 9.17. The number of hydrogen-bond donors (Lipinski definition) is 1. The largest absolute Gasteiger partial charge is 0.465 e. The van der Waals surface area contributed by atoms with Crippen molar-refractivity contribution in [3.8, 4) is 0 Å². The highest BCUT2D eigenvalue weighted by molar-refractivity contribution is 6.74. The molecule has 1 aliphatic heterocycles. The summed E-state index contributed by atoms with van der Waals surface area (Å²) in [7, 11) is -0.378. The molecular formula is C25H41N3O6Si. The summed E-state index contributed by atoms with van der Waals surface area (Å²) in [5, 5.41) is 9.13. The summed E-state index contributed by atoms with van der Waals surface area (Å²) in [5.41, 5.74) is 0.902. The van der Waals surface area contributed by atoms with Gasteiger partial charge in [-0.2, -0.15) is 0 Å². The molecule has 1 saturated heterocycles. The summed E-state index contributed by atoms with van der Waals surface area (Å²) in [6.45, 7) is 12.7. The molecule has 9 nitrogen and oxygen atoms in total. The van der Waals surface area contributed by atoms with Crippen LogP contribution >= 0.6 is 0 Å². The Balaban J connectivity index is 2.00. The molecule has 1 unspecified atom stereocenters. The maximum absolute atomic E-state index is 12.8. The van der Waals surface area contributed by atoms with Gasteiger partial charge in [-0.05, 0) is 30.1 Å². The van der Waals surface area contributed by atoms with Gasteiger partial charge < -0.3 is 29.0 Å². The number of hydrogen-bond acceptors (Lipinski definition) is 5. The molecule has 0 aromatic heterocycles. The number of ether oxygens (including phenoxy) is 1. The van der Waals surface area contributed by atoms with Crippen LogP contribution in [0.5, 0.6) is 0 Å². The van der Waals surface area contributed by atoms with Gasteiger partial charge in [-0.3, -0.25) is 4.79 Å². The summed E-state index contributed by atoms with van der Waals surface area (Å²) in [6.07, 6.45) is -0.742. The minimum absolute atomic E-state index is 0.0174. The highest BCUT2D eigenvalue weighted by Crippen LogP contribution is 2.36. The first-order valence-electron chi connectivity index (χ1n) is 12.1. The maximum atomic E-state index is 12.8. The van der Waals surface area contributed by atoms with Gasteiger partial charge in [0.2, 0.25) is 5.91 Å². The topological polar surface area (TPSA) is 99.6 Å². The van der Waals surface area contributed by atoms with Gasteiger partial charge in [0.1, 0.15) is 6.61 Å². The predicted octanol–water partition coefficient (Wildman–Crippen LogP) is 4.25. The predicted molar refractivity (Wildman–Crippen MR) is 137 cm³/mol. The third-order valence-electron chi connectivity index (χ3n) is 7.08. The summed E-state index contributed by atoms with van der Waals surface area (Å²) in [5.74, 6) is -0.0431. The molecule has 0 bridgehead atoms. The molecule has 2 rings (SSSR count). The van der Waals surface area contributed by atoms with Crippen molar-refractivity contribution in [1.82, 2.24) is 14.7 Å². The molecule has 196 valence electrons. The lowest BCUT2D eigenvalue weighted by molar-refractivity contribution is -0.133. The number of benzene rings is 1. The van der Waals surface area contributed by atoms with Crippen LogP contribution in [-0.4, -0.2) is 92.1 Å². The van der Waals surface area contributed by atoms with Gasteiger partial charge in [0.25, 0.3) is 0 Å². The third kappa shape index (κ3) is 8.54. The second-order valence-corrected chi connectivity index (χ2v) is 15.4. The van der Waals surface area contributed by atoms with E-state index >= 15 is 0 Å². The minimum Gasteiger partial charge on any atom is -0.465 e. The Kier molecular flexibility index (Phi) is 10.1. The van der Waals surface area contributed by atoms with Crippen molar-refractivity contribution in [2.75, 3.05) is 39.8 Å². The molecule has 1 fully saturated rings. The van der Waals surface area contributed by atoms with E-state index in [1.54, 1.807) is 11.9 Å². The Bertz CT molecular complexity index is 851. The average Bonchev–Trinajstić information content (AvgIpc) is 2.82. The van der Waals surface area contributed by atoms with Crippen molar-refractivity contribution < 1.29 is 28.7 Å². The van der Waals surface area contributed by atoms with E-state index < -0.39 is 20.5 Å². The summed E-state index contributed by atoms with van der Waals surface area (Å²) < 4.78 is 11.9. The van der Waals surface area contributed by atoms with Crippen molar-refractivity contribution in [3.63, 3.8) is 0 Å². The van der Waals surface area contributed by atoms with Crippen LogP contribution < -0.4 is 0 Å². The highest BCUT2D eigenvalue weighted by Gasteiger charge is 2.38. The van der Waals surface area contributed by atoms with Crippen LogP contribution in [0.4, 0.5) is 9.59 Å². The Morgan fingerprint density at radius 2 is 1.63 bits per heavy atom. The molecule has 35 heavy (non-hydrogen) atoms. The van der Waals surface area contributed by atoms with E-state index in [0.717, 1.165) is 5.56 Å². The molecule has 1 heterocycles. The monoisotopic (exact) mass is 507 g/mol. The van der Waals surface area contributed by atoms with Crippen molar-refractivity contribution in [2.45, 2.75) is 64.4 Å². The molecule has 1 N–H and O–H groups in total. The number of likely N-dealkylation sites (N-methyl/N-ethyl adjacent to an activating group) is 1. The van der Waals surface area contributed by atoms with Crippen molar-refractivity contribution in [2.24, 2.45) is 0 Å². The maximum Gasteiger partial charge on any atom is 0.410 e. The van der Waals surface area contributed by atoms with Crippen molar-refractivity contribution in [3.05, 3.63) is 35.9 Å². The lowest BCUT2D eigenvalue weighted by Gasteiger charge is -2.38. The zero-order chi connectivity index (χ0) is 26.2. The lowest BCUT2D eigenvalue weighted by atomic mass is 10.1. The normalized spacial score (nSPS) is 15.5. The number of carbonyl (C=O) groups is 3. The number of nitrogens with zero attached hydrogens (tertiary/aromatic N) is 3. The van der Waals surface area contributed by atoms with Gasteiger partial charge in [0, 0.05) is 39.6 Å². The van der Waals surface area contributed by atoms with Crippen LogP contribution in [0, 0.1) is 0 Å². The molecule has 10 heteroatoms. The first-order valence-corrected chi connectivity index (χ1v) is 15.1. The van der Waals surface area contributed by atoms with Gasteiger partial charge >= 0.3 is 12.2 Å². The zero-order valence-corrected chi connectivity index (χ0v) is 23.0. The Labute approximate surface area is 210 Å². The van der Waals surface area contributed by atoms with Gasteiger partial charge in [-0.1, -0.05) is 51.1 Å². The first kappa shape index (κ1) is 28.6. The minimum atomic E-state index is -2.06. The fourth-order valence-electron chi connectivity index (χ4n) is 3.48. The number of carbonyl (C=O) groups excluding carboxylic acids is 2. The second-order valence-electron chi connectivity index (χ2n) is 10.6. The zero-order valence-electron chi connectivity index (χ0n) is 22.0. The number of rotatable bonds is 9. The third-order valence-corrected chi connectivity index (χ3v) is 11.6. The second kappa shape index (κ2) is 12.4. The van der Waals surface area contributed by atoms with Crippen LogP contribution in [0.2, 0.25) is 18.1 Å². The van der Waals surface area contributed by atoms with E-state index in [4.69, 9.17) is 14.3 Å². The molecule has 1 aliphatic rings. The Morgan fingerprint density at radius 1 is 1.06 bits per heavy atom. The van der Waals surface area contributed by atoms with Crippen LogP contribution in [0.3, 0.4) is 0 Å². The lowest BCUT2D eigenvalue weighted by Crippen LogP contribution is -2.51. The van der Waals surface area contributed by atoms with Crippen LogP contribution in [-0.2, 0) is 20.6 Å². The fraction of sp³-hybridized carbons (Fsp3) is 0.640. The van der Waals surface area contributed by atoms with E-state index in [0.29, 0.717) is 39.2 Å². The average molecular weight is 508 g/mol. The number of amides is 3. The van der Waals surface area contributed by atoms with Gasteiger partial charge in [0.15, 0.2) is 8.32 Å². The molecule has 0 aliphatic carbocycles. The molecule has 0 radical (unpaired) electrons. The van der Waals surface area contributed by atoms with E-state index in [2.05, 4.69) is 33.9 Å². The molecule has 3 amide bonds. The summed E-state index contributed by atoms with van der Waals surface area (Å²) >= 11 is 0. The van der Waals surface area contributed by atoms with Gasteiger partial charge in [-0.15, -0.1) is 0 Å². The quantitative estimate of drug-likeness (QED) is 0.502. The molecular weight excluding hydrogens is 466 g/mol. The van der Waals surface area contributed by atoms with Crippen molar-refractivity contribution >= 4 is 26.4 Å². The van der Waals surface area contributed by atoms with E-state index in [9.17, 15) is 14.4 Å². The Hall–Kier alpha value is -2.59. The van der Waals surface area contributed by atoms with Crippen LogP contribution in [0.15, 0.2) is 30.3 Å². The SMILES string of the molecule is CN(C(=O)OCc1ccccc1)C(CCC(=O)N1CCN(C(=O)O)CC1)CO[Si](C)(C)C(C)(C)C. The molecule has 1 aromatic rings. The standard InChI is InChI=1S/C25H41N3O6Si/c1-25(2,3)35(5,6)34-19-21(26(4)24(32)33-18-20-10-8-7-9-11-20)12-13-22(29)27-14-16-28(17-15-27)23(30)31/h7-11,21H,12-19H2,1-6H3,(H,30,31). The molecule has 1 aromatic carbocycles. The molecule has 0 saturated carbocycles. The molecule has 0 spiro atoms. The van der Waals surface area contributed by atoms with E-state index in [-0.39, 0.29) is 30.0 Å². The number of piperazine rings is 1. The highest BCUT2D eigenvalue weighted by atomic mass is 28.4. The smallest absolute Gasteiger partial charge is 0.410 e.